The van der Waals surface area contributed by atoms with Crippen LogP contribution in [0.1, 0.15) is 36.6 Å². The van der Waals surface area contributed by atoms with Crippen LogP contribution in [0, 0.1) is 13.8 Å². The molecule has 0 saturated heterocycles. The highest BCUT2D eigenvalue weighted by molar-refractivity contribution is 5.45. The summed E-state index contributed by atoms with van der Waals surface area (Å²) >= 11 is 0. The molecule has 0 aliphatic rings. The van der Waals surface area contributed by atoms with Crippen LogP contribution in [-0.2, 0) is 4.74 Å². The Bertz CT molecular complexity index is 375. The molecule has 0 spiro atoms. The van der Waals surface area contributed by atoms with Crippen molar-refractivity contribution in [3.63, 3.8) is 0 Å². The normalized spacial score (nSPS) is 12.9. The molecular formula is C14H23NO2. The minimum Gasteiger partial charge on any atom is -0.496 e. The van der Waals surface area contributed by atoms with Gasteiger partial charge in [-0.25, -0.2) is 0 Å². The van der Waals surface area contributed by atoms with Crippen LogP contribution in [-0.4, -0.2) is 19.8 Å². The fourth-order valence-corrected chi connectivity index (χ4v) is 1.96. The minimum absolute atomic E-state index is 0.145. The van der Waals surface area contributed by atoms with E-state index in [4.69, 9.17) is 15.2 Å². The van der Waals surface area contributed by atoms with Gasteiger partial charge in [0.2, 0.25) is 0 Å². The van der Waals surface area contributed by atoms with Crippen LogP contribution in [0.3, 0.4) is 0 Å². The summed E-state index contributed by atoms with van der Waals surface area (Å²) < 4.78 is 11.0. The van der Waals surface area contributed by atoms with Crippen molar-refractivity contribution in [2.45, 2.75) is 39.8 Å². The lowest BCUT2D eigenvalue weighted by atomic mass is 9.99. The van der Waals surface area contributed by atoms with Crippen molar-refractivity contribution in [1.29, 1.82) is 0 Å². The first-order valence-corrected chi connectivity index (χ1v) is 5.98. The summed E-state index contributed by atoms with van der Waals surface area (Å²) in [4.78, 5) is 0. The minimum atomic E-state index is -0.145. The standard InChI is InChI=1S/C14H23NO2/c1-9(2)17-8-12(15)14-11(4)6-10(3)7-13(14)16-5/h6-7,9,12H,8,15H2,1-5H3. The predicted molar refractivity (Wildman–Crippen MR) is 70.5 cm³/mol. The van der Waals surface area contributed by atoms with E-state index in [2.05, 4.69) is 19.9 Å². The third-order valence-electron chi connectivity index (χ3n) is 2.69. The van der Waals surface area contributed by atoms with Crippen molar-refractivity contribution in [3.8, 4) is 5.75 Å². The molecule has 3 heteroatoms. The Balaban J connectivity index is 2.95. The molecule has 96 valence electrons. The topological polar surface area (TPSA) is 44.5 Å². The SMILES string of the molecule is COc1cc(C)cc(C)c1C(N)COC(C)C. The van der Waals surface area contributed by atoms with Gasteiger partial charge in [0.25, 0.3) is 0 Å². The van der Waals surface area contributed by atoms with Crippen LogP contribution >= 0.6 is 0 Å². The number of hydrogen-bond acceptors (Lipinski definition) is 3. The second-order valence-corrected chi connectivity index (χ2v) is 4.69. The average molecular weight is 237 g/mol. The van der Waals surface area contributed by atoms with Crippen LogP contribution < -0.4 is 10.5 Å². The molecule has 0 aromatic heterocycles. The first-order chi connectivity index (χ1) is 7.95. The third-order valence-corrected chi connectivity index (χ3v) is 2.69. The van der Waals surface area contributed by atoms with E-state index in [1.807, 2.05) is 19.9 Å². The fraction of sp³-hybridized carbons (Fsp3) is 0.571. The molecule has 0 bridgehead atoms. The van der Waals surface area contributed by atoms with Gasteiger partial charge in [-0.3, -0.25) is 0 Å². The summed E-state index contributed by atoms with van der Waals surface area (Å²) in [6, 6.07) is 3.98. The molecule has 2 N–H and O–H groups in total. The molecule has 0 heterocycles. The summed E-state index contributed by atoms with van der Waals surface area (Å²) in [6.07, 6.45) is 0.192. The molecular weight excluding hydrogens is 214 g/mol. The molecule has 17 heavy (non-hydrogen) atoms. The first kappa shape index (κ1) is 14.0. The molecule has 0 aliphatic heterocycles. The number of nitrogens with two attached hydrogens (primary N) is 1. The molecule has 0 saturated carbocycles. The summed E-state index contributed by atoms with van der Waals surface area (Å²) in [5.74, 6) is 0.849. The molecule has 3 nitrogen and oxygen atoms in total. The van der Waals surface area contributed by atoms with Crippen LogP contribution in [0.5, 0.6) is 5.75 Å². The average Bonchev–Trinajstić information content (AvgIpc) is 2.24. The van der Waals surface area contributed by atoms with Gasteiger partial charge in [-0.1, -0.05) is 6.07 Å². The Labute approximate surface area is 104 Å². The zero-order chi connectivity index (χ0) is 13.0. The smallest absolute Gasteiger partial charge is 0.124 e. The van der Waals surface area contributed by atoms with Gasteiger partial charge in [0.1, 0.15) is 5.75 Å². The Hall–Kier alpha value is -1.06. The lowest BCUT2D eigenvalue weighted by molar-refractivity contribution is 0.0677. The van der Waals surface area contributed by atoms with E-state index in [0.717, 1.165) is 16.9 Å². The van der Waals surface area contributed by atoms with E-state index in [0.29, 0.717) is 6.61 Å². The second kappa shape index (κ2) is 6.03. The highest BCUT2D eigenvalue weighted by Gasteiger charge is 2.16. The highest BCUT2D eigenvalue weighted by atomic mass is 16.5. The zero-order valence-corrected chi connectivity index (χ0v) is 11.4. The van der Waals surface area contributed by atoms with Gasteiger partial charge in [0.15, 0.2) is 0 Å². The van der Waals surface area contributed by atoms with Crippen molar-refractivity contribution in [2.24, 2.45) is 5.73 Å². The maximum Gasteiger partial charge on any atom is 0.124 e. The van der Waals surface area contributed by atoms with E-state index in [1.165, 1.54) is 5.56 Å². The molecule has 0 fully saturated rings. The van der Waals surface area contributed by atoms with Crippen molar-refractivity contribution >= 4 is 0 Å². The summed E-state index contributed by atoms with van der Waals surface area (Å²) in [6.45, 7) is 8.63. The quantitative estimate of drug-likeness (QED) is 0.856. The molecule has 1 rings (SSSR count). The monoisotopic (exact) mass is 237 g/mol. The Kier molecular flexibility index (Phi) is 4.97. The number of aryl methyl sites for hydroxylation is 2. The number of rotatable bonds is 5. The maximum absolute atomic E-state index is 6.17. The van der Waals surface area contributed by atoms with Crippen molar-refractivity contribution < 1.29 is 9.47 Å². The molecule has 1 unspecified atom stereocenters. The van der Waals surface area contributed by atoms with E-state index in [1.54, 1.807) is 7.11 Å². The summed E-state index contributed by atoms with van der Waals surface area (Å²) in [5, 5.41) is 0. The second-order valence-electron chi connectivity index (χ2n) is 4.69. The van der Waals surface area contributed by atoms with Gasteiger partial charge < -0.3 is 15.2 Å². The van der Waals surface area contributed by atoms with Crippen LogP contribution in [0.25, 0.3) is 0 Å². The van der Waals surface area contributed by atoms with Crippen LogP contribution in [0.4, 0.5) is 0 Å². The fourth-order valence-electron chi connectivity index (χ4n) is 1.96. The molecule has 1 atom stereocenters. The van der Waals surface area contributed by atoms with E-state index in [9.17, 15) is 0 Å². The van der Waals surface area contributed by atoms with Crippen molar-refractivity contribution in [2.75, 3.05) is 13.7 Å². The highest BCUT2D eigenvalue weighted by Crippen LogP contribution is 2.29. The van der Waals surface area contributed by atoms with Gasteiger partial charge in [-0.15, -0.1) is 0 Å². The lowest BCUT2D eigenvalue weighted by Crippen LogP contribution is -2.21. The third kappa shape index (κ3) is 3.72. The van der Waals surface area contributed by atoms with Gasteiger partial charge >= 0.3 is 0 Å². The molecule has 0 aliphatic carbocycles. The Morgan fingerprint density at radius 2 is 1.88 bits per heavy atom. The van der Waals surface area contributed by atoms with E-state index < -0.39 is 0 Å². The summed E-state index contributed by atoms with van der Waals surface area (Å²) in [7, 11) is 1.67. The van der Waals surface area contributed by atoms with Crippen LogP contribution in [0.2, 0.25) is 0 Å². The Morgan fingerprint density at radius 1 is 1.24 bits per heavy atom. The number of methoxy groups -OCH3 is 1. The molecule has 1 aromatic carbocycles. The van der Waals surface area contributed by atoms with Gasteiger partial charge in [-0.05, 0) is 44.9 Å². The lowest BCUT2D eigenvalue weighted by Gasteiger charge is -2.20. The molecule has 0 amide bonds. The van der Waals surface area contributed by atoms with Gasteiger partial charge in [-0.2, -0.15) is 0 Å². The largest absolute Gasteiger partial charge is 0.496 e. The van der Waals surface area contributed by atoms with Crippen molar-refractivity contribution in [3.05, 3.63) is 28.8 Å². The number of benzene rings is 1. The predicted octanol–water partition coefficient (Wildman–Crippen LogP) is 2.74. The molecule has 1 aromatic rings. The zero-order valence-electron chi connectivity index (χ0n) is 11.4. The number of hydrogen-bond donors (Lipinski definition) is 1. The van der Waals surface area contributed by atoms with E-state index in [-0.39, 0.29) is 12.1 Å². The van der Waals surface area contributed by atoms with E-state index >= 15 is 0 Å². The first-order valence-electron chi connectivity index (χ1n) is 5.98. The summed E-state index contributed by atoms with van der Waals surface area (Å²) in [5.41, 5.74) is 9.54. The van der Waals surface area contributed by atoms with Crippen molar-refractivity contribution in [1.82, 2.24) is 0 Å². The Morgan fingerprint density at radius 3 is 2.41 bits per heavy atom. The number of ether oxygens (including phenoxy) is 2. The van der Waals surface area contributed by atoms with Crippen LogP contribution in [0.15, 0.2) is 12.1 Å². The van der Waals surface area contributed by atoms with Gasteiger partial charge in [0.05, 0.1) is 25.9 Å². The van der Waals surface area contributed by atoms with Gasteiger partial charge in [0, 0.05) is 5.56 Å². The maximum atomic E-state index is 6.17. The molecule has 0 radical (unpaired) electrons.